The van der Waals surface area contributed by atoms with Crippen molar-refractivity contribution in [1.29, 1.82) is 0 Å². The van der Waals surface area contributed by atoms with Crippen molar-refractivity contribution in [3.63, 3.8) is 0 Å². The minimum absolute atomic E-state index is 0.0769. The summed E-state index contributed by atoms with van der Waals surface area (Å²) < 4.78 is 1.51. The highest BCUT2D eigenvalue weighted by molar-refractivity contribution is 6.29. The molecule has 0 atom stereocenters. The fourth-order valence-electron chi connectivity index (χ4n) is 1.62. The van der Waals surface area contributed by atoms with E-state index in [1.54, 1.807) is 7.05 Å². The van der Waals surface area contributed by atoms with Crippen molar-refractivity contribution in [1.82, 2.24) is 29.8 Å². The lowest BCUT2D eigenvalue weighted by molar-refractivity contribution is 0.598. The maximum atomic E-state index is 11.9. The van der Waals surface area contributed by atoms with Crippen molar-refractivity contribution in [2.45, 2.75) is 26.3 Å². The van der Waals surface area contributed by atoms with Crippen LogP contribution in [0.3, 0.4) is 0 Å². The molecule has 0 bridgehead atoms. The maximum Gasteiger partial charge on any atom is 0.255 e. The molecule has 0 N–H and O–H groups in total. The van der Waals surface area contributed by atoms with Crippen molar-refractivity contribution in [2.24, 2.45) is 7.05 Å². The summed E-state index contributed by atoms with van der Waals surface area (Å²) >= 11 is 5.80. The van der Waals surface area contributed by atoms with Gasteiger partial charge in [0, 0.05) is 12.0 Å². The Morgan fingerprint density at radius 3 is 2.72 bits per heavy atom. The Morgan fingerprint density at radius 2 is 2.17 bits per heavy atom. The van der Waals surface area contributed by atoms with E-state index in [9.17, 15) is 4.79 Å². The average Bonchev–Trinajstić information content (AvgIpc) is 2.67. The van der Waals surface area contributed by atoms with Crippen molar-refractivity contribution in [3.05, 3.63) is 33.2 Å². The highest BCUT2D eigenvalue weighted by Crippen LogP contribution is 2.13. The Labute approximate surface area is 108 Å². The zero-order valence-electron chi connectivity index (χ0n) is 10.3. The van der Waals surface area contributed by atoms with Gasteiger partial charge in [-0.15, -0.1) is 10.2 Å². The summed E-state index contributed by atoms with van der Waals surface area (Å²) in [5.74, 6) is 1.15. The molecule has 0 saturated carbocycles. The zero-order chi connectivity index (χ0) is 13.3. The summed E-state index contributed by atoms with van der Waals surface area (Å²) in [6, 6.07) is 1.28. The van der Waals surface area contributed by atoms with E-state index in [4.69, 9.17) is 11.6 Å². The number of rotatable bonds is 3. The Kier molecular flexibility index (Phi) is 3.42. The molecular weight excluding hydrogens is 256 g/mol. The molecule has 18 heavy (non-hydrogen) atoms. The van der Waals surface area contributed by atoms with E-state index in [1.807, 2.05) is 13.8 Å². The van der Waals surface area contributed by atoms with Gasteiger partial charge in [-0.3, -0.25) is 9.36 Å². The van der Waals surface area contributed by atoms with E-state index >= 15 is 0 Å². The summed E-state index contributed by atoms with van der Waals surface area (Å²) in [7, 11) is 1.67. The molecule has 2 aromatic rings. The number of hydrogen-bond acceptors (Lipinski definition) is 5. The van der Waals surface area contributed by atoms with Crippen LogP contribution in [0.15, 0.2) is 10.9 Å². The third-order valence-electron chi connectivity index (χ3n) is 2.37. The first kappa shape index (κ1) is 12.7. The summed E-state index contributed by atoms with van der Waals surface area (Å²) in [5.41, 5.74) is -0.217. The quantitative estimate of drug-likeness (QED) is 0.762. The molecular formula is C10H13ClN6O. The number of aromatic nitrogens is 6. The van der Waals surface area contributed by atoms with Crippen LogP contribution in [0.25, 0.3) is 0 Å². The smallest absolute Gasteiger partial charge is 0.255 e. The van der Waals surface area contributed by atoms with Crippen LogP contribution in [0.4, 0.5) is 0 Å². The van der Waals surface area contributed by atoms with Crippen LogP contribution in [-0.4, -0.2) is 29.8 Å². The third-order valence-corrected chi connectivity index (χ3v) is 2.57. The second-order valence-electron chi connectivity index (χ2n) is 4.21. The minimum atomic E-state index is -0.217. The highest BCUT2D eigenvalue weighted by atomic mass is 35.5. The van der Waals surface area contributed by atoms with Gasteiger partial charge in [-0.25, -0.2) is 4.98 Å². The molecule has 0 fully saturated rings. The second-order valence-corrected chi connectivity index (χ2v) is 4.60. The van der Waals surface area contributed by atoms with Gasteiger partial charge in [-0.2, -0.15) is 4.80 Å². The molecule has 0 spiro atoms. The second kappa shape index (κ2) is 4.85. The van der Waals surface area contributed by atoms with Crippen molar-refractivity contribution < 1.29 is 0 Å². The van der Waals surface area contributed by atoms with Gasteiger partial charge in [0.25, 0.3) is 5.56 Å². The highest BCUT2D eigenvalue weighted by Gasteiger charge is 2.13. The minimum Gasteiger partial charge on any atom is -0.288 e. The first-order chi connectivity index (χ1) is 8.47. The van der Waals surface area contributed by atoms with E-state index in [1.165, 1.54) is 15.4 Å². The maximum absolute atomic E-state index is 11.9. The predicted molar refractivity (Wildman–Crippen MR) is 65.5 cm³/mol. The van der Waals surface area contributed by atoms with Crippen LogP contribution in [-0.2, 0) is 13.6 Å². The van der Waals surface area contributed by atoms with E-state index < -0.39 is 0 Å². The summed E-state index contributed by atoms with van der Waals surface area (Å²) in [6.45, 7) is 4.13. The number of halogens is 1. The third kappa shape index (κ3) is 2.56. The van der Waals surface area contributed by atoms with Gasteiger partial charge in [0.2, 0.25) is 0 Å². The normalized spacial score (nSPS) is 11.2. The fourth-order valence-corrected chi connectivity index (χ4v) is 1.80. The number of tetrazole rings is 1. The summed E-state index contributed by atoms with van der Waals surface area (Å²) in [6.07, 6.45) is 0. The van der Waals surface area contributed by atoms with Crippen LogP contribution in [0.1, 0.15) is 31.4 Å². The molecule has 8 heteroatoms. The molecule has 96 valence electrons. The van der Waals surface area contributed by atoms with E-state index in [0.717, 1.165) is 0 Å². The summed E-state index contributed by atoms with van der Waals surface area (Å²) in [5, 5.41) is 11.8. The zero-order valence-corrected chi connectivity index (χ0v) is 11.1. The Morgan fingerprint density at radius 1 is 1.44 bits per heavy atom. The topological polar surface area (TPSA) is 78.5 Å². The first-order valence-electron chi connectivity index (χ1n) is 5.47. The average molecular weight is 269 g/mol. The van der Waals surface area contributed by atoms with E-state index in [2.05, 4.69) is 20.4 Å². The molecule has 0 aliphatic heterocycles. The van der Waals surface area contributed by atoms with Crippen LogP contribution in [0, 0.1) is 0 Å². The van der Waals surface area contributed by atoms with Gasteiger partial charge in [0.15, 0.2) is 5.82 Å². The molecule has 0 saturated heterocycles. The van der Waals surface area contributed by atoms with Crippen LogP contribution >= 0.6 is 11.6 Å². The van der Waals surface area contributed by atoms with Gasteiger partial charge in [-0.1, -0.05) is 25.4 Å². The number of nitrogens with zero attached hydrogens (tertiary/aromatic N) is 6. The molecule has 2 aromatic heterocycles. The van der Waals surface area contributed by atoms with E-state index in [-0.39, 0.29) is 23.2 Å². The standard InChI is InChI=1S/C10H13ClN6O/c1-6(2)10-12-7(11)4-9(18)17(10)5-8-13-15-16(3)14-8/h4,6H,5H2,1-3H3. The predicted octanol–water partition coefficient (Wildman–Crippen LogP) is 0.592. The van der Waals surface area contributed by atoms with Gasteiger partial charge in [0.05, 0.1) is 13.6 Å². The van der Waals surface area contributed by atoms with E-state index in [0.29, 0.717) is 11.6 Å². The Balaban J connectivity index is 2.46. The van der Waals surface area contributed by atoms with Crippen molar-refractivity contribution in [2.75, 3.05) is 0 Å². The first-order valence-corrected chi connectivity index (χ1v) is 5.85. The van der Waals surface area contributed by atoms with Gasteiger partial charge < -0.3 is 0 Å². The lowest BCUT2D eigenvalue weighted by Crippen LogP contribution is -2.26. The van der Waals surface area contributed by atoms with Crippen molar-refractivity contribution >= 4 is 11.6 Å². The van der Waals surface area contributed by atoms with Crippen LogP contribution in [0.2, 0.25) is 5.15 Å². The number of hydrogen-bond donors (Lipinski definition) is 0. The van der Waals surface area contributed by atoms with Gasteiger partial charge in [0.1, 0.15) is 11.0 Å². The molecule has 2 rings (SSSR count). The van der Waals surface area contributed by atoms with Crippen LogP contribution in [0.5, 0.6) is 0 Å². The SMILES string of the molecule is CC(C)c1nc(Cl)cc(=O)n1Cc1nnn(C)n1. The van der Waals surface area contributed by atoms with Gasteiger partial charge >= 0.3 is 0 Å². The number of aryl methyl sites for hydroxylation is 1. The largest absolute Gasteiger partial charge is 0.288 e. The molecule has 0 aromatic carbocycles. The van der Waals surface area contributed by atoms with Crippen molar-refractivity contribution in [3.8, 4) is 0 Å². The monoisotopic (exact) mass is 268 g/mol. The molecule has 7 nitrogen and oxygen atoms in total. The molecule has 0 aliphatic rings. The molecule has 0 unspecified atom stereocenters. The summed E-state index contributed by atoms with van der Waals surface area (Å²) in [4.78, 5) is 17.5. The molecule has 0 aliphatic carbocycles. The molecule has 2 heterocycles. The Bertz CT molecular complexity index is 617. The Hall–Kier alpha value is -1.76. The molecule has 0 amide bonds. The molecule has 0 radical (unpaired) electrons. The lowest BCUT2D eigenvalue weighted by Gasteiger charge is -2.12. The lowest BCUT2D eigenvalue weighted by atomic mass is 10.2. The van der Waals surface area contributed by atoms with Gasteiger partial charge in [-0.05, 0) is 5.21 Å². The van der Waals surface area contributed by atoms with Crippen LogP contribution < -0.4 is 5.56 Å². The fraction of sp³-hybridized carbons (Fsp3) is 0.500.